The summed E-state index contributed by atoms with van der Waals surface area (Å²) >= 11 is 0. The van der Waals surface area contributed by atoms with Crippen molar-refractivity contribution < 1.29 is 12.6 Å². The normalized spacial score (nSPS) is 11.6. The SMILES string of the molecule is CCCCOS(=O)(=O)c1cccc(C)c1. The minimum atomic E-state index is -3.56. The third-order valence-corrected chi connectivity index (χ3v) is 3.32. The molecule has 0 N–H and O–H groups in total. The second kappa shape index (κ2) is 5.28. The van der Waals surface area contributed by atoms with E-state index < -0.39 is 10.1 Å². The lowest BCUT2D eigenvalue weighted by atomic mass is 10.2. The fraction of sp³-hybridized carbons (Fsp3) is 0.455. The lowest BCUT2D eigenvalue weighted by Gasteiger charge is -2.05. The molecule has 0 aliphatic heterocycles. The molecule has 0 fully saturated rings. The smallest absolute Gasteiger partial charge is 0.266 e. The van der Waals surface area contributed by atoms with Gasteiger partial charge in [-0.05, 0) is 31.0 Å². The van der Waals surface area contributed by atoms with Crippen LogP contribution in [0.5, 0.6) is 0 Å². The van der Waals surface area contributed by atoms with E-state index in [1.54, 1.807) is 18.2 Å². The van der Waals surface area contributed by atoms with Gasteiger partial charge in [0.25, 0.3) is 10.1 Å². The van der Waals surface area contributed by atoms with Crippen molar-refractivity contribution >= 4 is 10.1 Å². The third-order valence-electron chi connectivity index (χ3n) is 2.01. The molecule has 0 saturated heterocycles. The summed E-state index contributed by atoms with van der Waals surface area (Å²) in [5.74, 6) is 0. The highest BCUT2D eigenvalue weighted by molar-refractivity contribution is 7.86. The van der Waals surface area contributed by atoms with E-state index in [9.17, 15) is 8.42 Å². The first-order chi connectivity index (χ1) is 7.06. The van der Waals surface area contributed by atoms with Crippen LogP contribution in [-0.2, 0) is 14.3 Å². The molecule has 84 valence electrons. The van der Waals surface area contributed by atoms with Crippen molar-refractivity contribution in [1.82, 2.24) is 0 Å². The topological polar surface area (TPSA) is 43.4 Å². The van der Waals surface area contributed by atoms with E-state index in [2.05, 4.69) is 0 Å². The molecule has 15 heavy (non-hydrogen) atoms. The quantitative estimate of drug-likeness (QED) is 0.574. The van der Waals surface area contributed by atoms with Crippen LogP contribution in [-0.4, -0.2) is 15.0 Å². The highest BCUT2D eigenvalue weighted by atomic mass is 32.2. The van der Waals surface area contributed by atoms with Crippen LogP contribution >= 0.6 is 0 Å². The van der Waals surface area contributed by atoms with Crippen LogP contribution in [0.25, 0.3) is 0 Å². The first-order valence-electron chi connectivity index (χ1n) is 5.02. The van der Waals surface area contributed by atoms with Crippen molar-refractivity contribution in [3.05, 3.63) is 29.8 Å². The minimum Gasteiger partial charge on any atom is -0.266 e. The Morgan fingerprint density at radius 2 is 2.07 bits per heavy atom. The van der Waals surface area contributed by atoms with E-state index in [0.717, 1.165) is 18.4 Å². The van der Waals surface area contributed by atoms with Gasteiger partial charge in [0.1, 0.15) is 0 Å². The van der Waals surface area contributed by atoms with Gasteiger partial charge >= 0.3 is 0 Å². The Morgan fingerprint density at radius 3 is 2.67 bits per heavy atom. The molecule has 1 aromatic rings. The van der Waals surface area contributed by atoms with Gasteiger partial charge in [-0.1, -0.05) is 25.5 Å². The van der Waals surface area contributed by atoms with Crippen molar-refractivity contribution in [3.8, 4) is 0 Å². The maximum Gasteiger partial charge on any atom is 0.296 e. The summed E-state index contributed by atoms with van der Waals surface area (Å²) in [6, 6.07) is 6.73. The molecular weight excluding hydrogens is 212 g/mol. The maximum absolute atomic E-state index is 11.6. The van der Waals surface area contributed by atoms with Gasteiger partial charge in [0, 0.05) is 0 Å². The number of hydrogen-bond acceptors (Lipinski definition) is 3. The van der Waals surface area contributed by atoms with Crippen LogP contribution in [0.15, 0.2) is 29.2 Å². The van der Waals surface area contributed by atoms with Gasteiger partial charge in [0.15, 0.2) is 0 Å². The predicted molar refractivity (Wildman–Crippen MR) is 59.2 cm³/mol. The molecule has 0 unspecified atom stereocenters. The molecule has 0 aromatic heterocycles. The molecule has 0 saturated carbocycles. The zero-order valence-corrected chi connectivity index (χ0v) is 9.88. The molecule has 0 atom stereocenters. The van der Waals surface area contributed by atoms with Crippen molar-refractivity contribution in [2.45, 2.75) is 31.6 Å². The maximum atomic E-state index is 11.6. The van der Waals surface area contributed by atoms with Gasteiger partial charge in [-0.3, -0.25) is 4.18 Å². The summed E-state index contributed by atoms with van der Waals surface area (Å²) in [4.78, 5) is 0.235. The molecule has 0 heterocycles. The second-order valence-electron chi connectivity index (χ2n) is 3.45. The number of rotatable bonds is 5. The van der Waals surface area contributed by atoms with Gasteiger partial charge in [-0.15, -0.1) is 0 Å². The molecule has 0 aliphatic carbocycles. The van der Waals surface area contributed by atoms with Crippen LogP contribution in [0.3, 0.4) is 0 Å². The van der Waals surface area contributed by atoms with Gasteiger partial charge in [-0.25, -0.2) is 0 Å². The first kappa shape index (κ1) is 12.2. The van der Waals surface area contributed by atoms with E-state index in [4.69, 9.17) is 4.18 Å². The minimum absolute atomic E-state index is 0.235. The van der Waals surface area contributed by atoms with Gasteiger partial charge < -0.3 is 0 Å². The molecule has 0 aliphatic rings. The molecule has 1 aromatic carbocycles. The Bertz CT molecular complexity index is 410. The summed E-state index contributed by atoms with van der Waals surface area (Å²) in [5.41, 5.74) is 0.912. The molecule has 0 bridgehead atoms. The largest absolute Gasteiger partial charge is 0.296 e. The molecular formula is C11H16O3S. The number of hydrogen-bond donors (Lipinski definition) is 0. The van der Waals surface area contributed by atoms with Crippen LogP contribution in [0.4, 0.5) is 0 Å². The molecule has 0 amide bonds. The Labute approximate surface area is 91.2 Å². The van der Waals surface area contributed by atoms with Crippen LogP contribution in [0.2, 0.25) is 0 Å². The molecule has 1 rings (SSSR count). The molecule has 0 spiro atoms. The summed E-state index contributed by atoms with van der Waals surface area (Å²) < 4.78 is 28.2. The fourth-order valence-corrected chi connectivity index (χ4v) is 2.20. The van der Waals surface area contributed by atoms with E-state index in [0.29, 0.717) is 0 Å². The molecule has 0 radical (unpaired) electrons. The molecule has 4 heteroatoms. The Morgan fingerprint density at radius 1 is 1.33 bits per heavy atom. The Balaban J connectivity index is 2.77. The summed E-state index contributed by atoms with van der Waals surface area (Å²) in [7, 11) is -3.56. The lowest BCUT2D eigenvalue weighted by molar-refractivity contribution is 0.311. The predicted octanol–water partition coefficient (Wildman–Crippen LogP) is 2.50. The zero-order valence-electron chi connectivity index (χ0n) is 9.06. The van der Waals surface area contributed by atoms with Crippen LogP contribution < -0.4 is 0 Å². The fourth-order valence-electron chi connectivity index (χ4n) is 1.15. The summed E-state index contributed by atoms with van der Waals surface area (Å²) in [6.07, 6.45) is 1.67. The number of benzene rings is 1. The summed E-state index contributed by atoms with van der Waals surface area (Å²) in [6.45, 7) is 4.10. The average molecular weight is 228 g/mol. The average Bonchev–Trinajstić information content (AvgIpc) is 2.18. The second-order valence-corrected chi connectivity index (χ2v) is 5.06. The van der Waals surface area contributed by atoms with Gasteiger partial charge in [0.2, 0.25) is 0 Å². The standard InChI is InChI=1S/C11H16O3S/c1-3-4-8-14-15(12,13)11-7-5-6-10(2)9-11/h5-7,9H,3-4,8H2,1-2H3. The monoisotopic (exact) mass is 228 g/mol. The highest BCUT2D eigenvalue weighted by Gasteiger charge is 2.14. The zero-order chi connectivity index (χ0) is 11.3. The number of aryl methyl sites for hydroxylation is 1. The summed E-state index contributed by atoms with van der Waals surface area (Å²) in [5, 5.41) is 0. The molecule has 3 nitrogen and oxygen atoms in total. The Kier molecular flexibility index (Phi) is 4.29. The van der Waals surface area contributed by atoms with E-state index in [1.807, 2.05) is 19.9 Å². The van der Waals surface area contributed by atoms with Gasteiger partial charge in [-0.2, -0.15) is 8.42 Å². The number of unbranched alkanes of at least 4 members (excludes halogenated alkanes) is 1. The van der Waals surface area contributed by atoms with E-state index >= 15 is 0 Å². The van der Waals surface area contributed by atoms with Crippen molar-refractivity contribution in [1.29, 1.82) is 0 Å². The van der Waals surface area contributed by atoms with E-state index in [1.165, 1.54) is 0 Å². The van der Waals surface area contributed by atoms with Crippen molar-refractivity contribution in [3.63, 3.8) is 0 Å². The van der Waals surface area contributed by atoms with Crippen LogP contribution in [0, 0.1) is 6.92 Å². The lowest BCUT2D eigenvalue weighted by Crippen LogP contribution is -2.07. The Hall–Kier alpha value is -0.870. The van der Waals surface area contributed by atoms with E-state index in [-0.39, 0.29) is 11.5 Å². The van der Waals surface area contributed by atoms with Gasteiger partial charge in [0.05, 0.1) is 11.5 Å². The first-order valence-corrected chi connectivity index (χ1v) is 6.43. The van der Waals surface area contributed by atoms with Crippen molar-refractivity contribution in [2.75, 3.05) is 6.61 Å². The van der Waals surface area contributed by atoms with Crippen molar-refractivity contribution in [2.24, 2.45) is 0 Å². The van der Waals surface area contributed by atoms with Crippen LogP contribution in [0.1, 0.15) is 25.3 Å². The third kappa shape index (κ3) is 3.64. The highest BCUT2D eigenvalue weighted by Crippen LogP contribution is 2.14.